The number of rotatable bonds is 14. The topological polar surface area (TPSA) is 13.0 Å². The first-order chi connectivity index (χ1) is 54.6. The lowest BCUT2D eigenvalue weighted by Gasteiger charge is -2.30. The number of hydrogen-bond acceptors (Lipinski definition) is 4. The van der Waals surface area contributed by atoms with Crippen LogP contribution >= 0.6 is 0 Å². The lowest BCUT2D eigenvalue weighted by molar-refractivity contribution is 0.590. The second-order valence-electron chi connectivity index (χ2n) is 40.9. The van der Waals surface area contributed by atoms with Crippen LogP contribution in [0.4, 0.5) is 68.2 Å². The molecular formula is C110H120N4Si2. The van der Waals surface area contributed by atoms with E-state index in [4.69, 9.17) is 0 Å². The van der Waals surface area contributed by atoms with E-state index in [0.717, 1.165) is 34.1 Å². The van der Waals surface area contributed by atoms with Crippen LogP contribution in [0.15, 0.2) is 291 Å². The molecule has 0 spiro atoms. The molecule has 0 aliphatic heterocycles. The van der Waals surface area contributed by atoms with Crippen LogP contribution in [0.3, 0.4) is 0 Å². The fraction of sp³-hybridized carbons (Fsp3) is 0.273. The molecule has 0 aliphatic rings. The Morgan fingerprint density at radius 1 is 0.164 bits per heavy atom. The predicted octanol–water partition coefficient (Wildman–Crippen LogP) is 31.9. The van der Waals surface area contributed by atoms with Crippen molar-refractivity contribution in [3.63, 3.8) is 0 Å². The van der Waals surface area contributed by atoms with Gasteiger partial charge in [-0.2, -0.15) is 0 Å². The summed E-state index contributed by atoms with van der Waals surface area (Å²) in [7, 11) is -2.95. The van der Waals surface area contributed by atoms with Gasteiger partial charge in [0.2, 0.25) is 0 Å². The zero-order valence-electron chi connectivity index (χ0n) is 73.5. The molecule has 16 aromatic carbocycles. The molecule has 0 amide bonds. The molecule has 0 atom stereocenters. The van der Waals surface area contributed by atoms with Crippen LogP contribution < -0.4 is 30.0 Å². The maximum absolute atomic E-state index is 2.47. The van der Waals surface area contributed by atoms with Gasteiger partial charge in [-0.15, -0.1) is 0 Å². The molecule has 4 nitrogen and oxygen atoms in total. The molecule has 0 N–H and O–H groups in total. The van der Waals surface area contributed by atoms with Gasteiger partial charge in [0.15, 0.2) is 0 Å². The minimum absolute atomic E-state index is 0.0690. The summed E-state index contributed by atoms with van der Waals surface area (Å²) in [5.41, 5.74) is 22.4. The summed E-state index contributed by atoms with van der Waals surface area (Å²) in [5, 5.41) is 18.1. The van der Waals surface area contributed by atoms with E-state index >= 15 is 0 Å². The first-order valence-corrected chi connectivity index (χ1v) is 49.0. The molecule has 0 radical (unpaired) electrons. The molecule has 16 aromatic rings. The van der Waals surface area contributed by atoms with E-state index in [-0.39, 0.29) is 32.5 Å². The van der Waals surface area contributed by atoms with Crippen LogP contribution in [0, 0.1) is 0 Å². The van der Waals surface area contributed by atoms with Crippen molar-refractivity contribution in [2.75, 3.05) is 19.6 Å². The first kappa shape index (κ1) is 80.4. The Morgan fingerprint density at radius 2 is 0.302 bits per heavy atom. The summed E-state index contributed by atoms with van der Waals surface area (Å²) >= 11 is 0. The van der Waals surface area contributed by atoms with E-state index in [1.54, 1.807) is 0 Å². The average Bonchev–Trinajstić information content (AvgIpc) is 0.723. The van der Waals surface area contributed by atoms with E-state index in [2.05, 4.69) is 475 Å². The molecule has 588 valence electrons. The Balaban J connectivity index is 0.000000182. The third-order valence-corrected chi connectivity index (χ3v) is 28.3. The van der Waals surface area contributed by atoms with Gasteiger partial charge in [0.25, 0.3) is 0 Å². The van der Waals surface area contributed by atoms with Crippen molar-refractivity contribution in [1.82, 2.24) is 0 Å². The van der Waals surface area contributed by atoms with Crippen molar-refractivity contribution in [3.05, 3.63) is 325 Å². The molecular weight excluding hydrogens is 1430 g/mol. The second-order valence-corrected chi connectivity index (χ2v) is 51.1. The van der Waals surface area contributed by atoms with Crippen LogP contribution in [-0.4, -0.2) is 16.1 Å². The van der Waals surface area contributed by atoms with Crippen molar-refractivity contribution in [1.29, 1.82) is 0 Å². The maximum atomic E-state index is 2.47. The summed E-state index contributed by atoms with van der Waals surface area (Å²) in [5.74, 6) is 0. The average molecular weight is 1550 g/mol. The highest BCUT2D eigenvalue weighted by atomic mass is 28.3. The largest absolute Gasteiger partial charge is 0.310 e. The fourth-order valence-electron chi connectivity index (χ4n) is 16.9. The highest BCUT2D eigenvalue weighted by Gasteiger charge is 2.30. The fourth-order valence-corrected chi connectivity index (χ4v) is 19.2. The molecule has 6 heteroatoms. The van der Waals surface area contributed by atoms with Crippen molar-refractivity contribution in [2.24, 2.45) is 0 Å². The molecule has 0 bridgehead atoms. The van der Waals surface area contributed by atoms with E-state index in [1.807, 2.05) is 0 Å². The minimum atomic E-state index is -1.47. The van der Waals surface area contributed by atoms with Gasteiger partial charge in [0.05, 0.1) is 38.9 Å². The normalized spacial score (nSPS) is 12.8. The zero-order chi connectivity index (χ0) is 82.7. The SMILES string of the molecule is CC(C)(C)c1ccc(N(c2ccc(C(C)(C)C)cc2)c2ccc3ccc4c(N(c5ccc(C(C)(C)C)cc5)c5ccc(C(C)(C)C)cc5)ccc5ccc2c3c54)cc1.CC(C)(C)c1ccc(N(c2ccc([Si](C)(C)C)cc2)c2ccc3ccc4c(N(c5ccc(C(C)(C)C)cc5)c5ccc([Si](C)(C)C)cc5)ccc5ccc2c3c54)cc1. The summed E-state index contributed by atoms with van der Waals surface area (Å²) in [6.07, 6.45) is 0. The Morgan fingerprint density at radius 3 is 0.440 bits per heavy atom. The van der Waals surface area contributed by atoms with Crippen LogP contribution in [0.25, 0.3) is 64.6 Å². The second kappa shape index (κ2) is 29.7. The predicted molar refractivity (Wildman–Crippen MR) is 517 cm³/mol. The Labute approximate surface area is 695 Å². The zero-order valence-corrected chi connectivity index (χ0v) is 75.5. The maximum Gasteiger partial charge on any atom is 0.0775 e. The monoisotopic (exact) mass is 1550 g/mol. The minimum Gasteiger partial charge on any atom is -0.310 e. The van der Waals surface area contributed by atoms with E-state index in [9.17, 15) is 0 Å². The van der Waals surface area contributed by atoms with Gasteiger partial charge in [0.1, 0.15) is 0 Å². The van der Waals surface area contributed by atoms with E-state index in [1.165, 1.54) is 143 Å². The Bertz CT molecular complexity index is 5200. The summed E-state index contributed by atoms with van der Waals surface area (Å²) < 4.78 is 0. The van der Waals surface area contributed by atoms with Crippen molar-refractivity contribution in [2.45, 2.75) is 196 Å². The van der Waals surface area contributed by atoms with Gasteiger partial charge in [0, 0.05) is 67.0 Å². The molecule has 0 aromatic heterocycles. The van der Waals surface area contributed by atoms with Crippen LogP contribution in [-0.2, 0) is 32.5 Å². The number of nitrogens with zero attached hydrogens (tertiary/aromatic N) is 4. The number of anilines is 12. The molecule has 0 fully saturated rings. The summed E-state index contributed by atoms with van der Waals surface area (Å²) in [6, 6.07) is 111. The molecule has 0 unspecified atom stereocenters. The van der Waals surface area contributed by atoms with Gasteiger partial charge >= 0.3 is 0 Å². The van der Waals surface area contributed by atoms with Crippen molar-refractivity contribution in [3.8, 4) is 0 Å². The lowest BCUT2D eigenvalue weighted by atomic mass is 9.86. The molecule has 0 saturated carbocycles. The van der Waals surface area contributed by atoms with Crippen molar-refractivity contribution < 1.29 is 0 Å². The van der Waals surface area contributed by atoms with Crippen molar-refractivity contribution >= 4 is 159 Å². The van der Waals surface area contributed by atoms with Gasteiger partial charge in [-0.3, -0.25) is 0 Å². The lowest BCUT2D eigenvalue weighted by Crippen LogP contribution is -2.37. The van der Waals surface area contributed by atoms with Gasteiger partial charge in [-0.1, -0.05) is 344 Å². The first-order valence-electron chi connectivity index (χ1n) is 42.0. The van der Waals surface area contributed by atoms with Gasteiger partial charge in [-0.25, -0.2) is 0 Å². The Hall–Kier alpha value is -10.8. The highest BCUT2D eigenvalue weighted by Crippen LogP contribution is 2.52. The highest BCUT2D eigenvalue weighted by molar-refractivity contribution is 6.89. The van der Waals surface area contributed by atoms with E-state index in [0.29, 0.717) is 0 Å². The third kappa shape index (κ3) is 15.8. The standard InChI is InChI=1S/C56H60N2.C54H60N2Si2/c1-53(2,3)39-17-25-43(26-18-39)57(44-27-19-40(20-28-44)54(4,5)6)49-35-15-37-14-34-48-50(36-16-38-13-33-47(49)51(37)52(38)48)58(45-29-21-41(22-30-45)55(7,8)9)46-31-23-42(24-32-46)56(10,11)12;1-53(2,3)39-17-21-41(22-18-39)55(43-25-29-45(30-26-43)57(7,8)9)49-35-15-37-14-34-48-50(36-16-38-13-33-47(49)51(37)52(38)48)56(42-23-19-40(20-24-42)54(4,5)6)44-27-31-46(32-28-44)58(10,11)12/h2*13-36H,1-12H3. The molecule has 16 rings (SSSR count). The molecule has 0 heterocycles. The molecule has 0 aliphatic carbocycles. The Kier molecular flexibility index (Phi) is 20.6. The quantitative estimate of drug-likeness (QED) is 0.0795. The smallest absolute Gasteiger partial charge is 0.0775 e. The van der Waals surface area contributed by atoms with E-state index < -0.39 is 16.1 Å². The summed E-state index contributed by atoms with van der Waals surface area (Å²) in [4.78, 5) is 9.84. The molecule has 116 heavy (non-hydrogen) atoms. The number of benzene rings is 16. The third-order valence-electron chi connectivity index (χ3n) is 24.1. The number of hydrogen-bond donors (Lipinski definition) is 0. The van der Waals surface area contributed by atoms with Gasteiger partial charge in [-0.05, 0) is 230 Å². The molecule has 0 saturated heterocycles. The van der Waals surface area contributed by atoms with Gasteiger partial charge < -0.3 is 19.6 Å². The summed E-state index contributed by atoms with van der Waals surface area (Å²) in [6.45, 7) is 55.6. The van der Waals surface area contributed by atoms with Crippen LogP contribution in [0.2, 0.25) is 39.3 Å². The van der Waals surface area contributed by atoms with Crippen LogP contribution in [0.1, 0.15) is 158 Å². The van der Waals surface area contributed by atoms with Crippen LogP contribution in [0.5, 0.6) is 0 Å².